The standard InChI is InChI=1S/C8H5F5N2O3/c1-18-4-2-3(8(11,12)13)6(15(16)17)5(14-4)7(9)10/h2,7H,1H3. The third-order valence-electron chi connectivity index (χ3n) is 1.90. The summed E-state index contributed by atoms with van der Waals surface area (Å²) in [6.45, 7) is 0. The Balaban J connectivity index is 3.66. The van der Waals surface area contributed by atoms with E-state index in [9.17, 15) is 32.1 Å². The van der Waals surface area contributed by atoms with E-state index in [1.54, 1.807) is 0 Å². The van der Waals surface area contributed by atoms with E-state index in [-0.39, 0.29) is 6.07 Å². The Hall–Kier alpha value is -2.00. The Kier molecular flexibility index (Phi) is 3.67. The summed E-state index contributed by atoms with van der Waals surface area (Å²) >= 11 is 0. The highest BCUT2D eigenvalue weighted by molar-refractivity contribution is 5.49. The summed E-state index contributed by atoms with van der Waals surface area (Å²) in [6.07, 6.45) is -8.69. The van der Waals surface area contributed by atoms with Crippen molar-refractivity contribution in [2.24, 2.45) is 0 Å². The number of nitro groups is 1. The second-order valence-electron chi connectivity index (χ2n) is 3.00. The predicted octanol–water partition coefficient (Wildman–Crippen LogP) is 2.95. The lowest BCUT2D eigenvalue weighted by Crippen LogP contribution is -2.13. The second kappa shape index (κ2) is 4.70. The van der Waals surface area contributed by atoms with Gasteiger partial charge in [-0.05, 0) is 0 Å². The molecule has 100 valence electrons. The lowest BCUT2D eigenvalue weighted by molar-refractivity contribution is -0.389. The molecule has 0 aliphatic heterocycles. The van der Waals surface area contributed by atoms with Crippen molar-refractivity contribution in [3.8, 4) is 5.88 Å². The van der Waals surface area contributed by atoms with Crippen molar-refractivity contribution >= 4 is 5.69 Å². The Morgan fingerprint density at radius 1 is 1.44 bits per heavy atom. The zero-order valence-electron chi connectivity index (χ0n) is 8.66. The molecular weight excluding hydrogens is 267 g/mol. The average Bonchev–Trinajstić information content (AvgIpc) is 2.25. The molecule has 0 saturated heterocycles. The summed E-state index contributed by atoms with van der Waals surface area (Å²) in [5.74, 6) is -0.775. The Morgan fingerprint density at radius 2 is 2.00 bits per heavy atom. The topological polar surface area (TPSA) is 65.3 Å². The van der Waals surface area contributed by atoms with Gasteiger partial charge in [-0.1, -0.05) is 0 Å². The van der Waals surface area contributed by atoms with Crippen LogP contribution in [0, 0.1) is 10.1 Å². The quantitative estimate of drug-likeness (QED) is 0.482. The van der Waals surface area contributed by atoms with E-state index in [2.05, 4.69) is 9.72 Å². The third kappa shape index (κ3) is 2.63. The number of nitrogens with zero attached hydrogens (tertiary/aromatic N) is 2. The molecule has 0 unspecified atom stereocenters. The molecule has 0 amide bonds. The number of rotatable bonds is 3. The lowest BCUT2D eigenvalue weighted by Gasteiger charge is -2.11. The summed E-state index contributed by atoms with van der Waals surface area (Å²) in [7, 11) is 0.906. The minimum Gasteiger partial charge on any atom is -0.481 e. The van der Waals surface area contributed by atoms with Crippen LogP contribution in [0.15, 0.2) is 6.07 Å². The zero-order chi connectivity index (χ0) is 14.1. The van der Waals surface area contributed by atoms with Crippen LogP contribution in [-0.2, 0) is 6.18 Å². The van der Waals surface area contributed by atoms with Crippen LogP contribution in [0.4, 0.5) is 27.6 Å². The van der Waals surface area contributed by atoms with E-state index >= 15 is 0 Å². The van der Waals surface area contributed by atoms with Gasteiger partial charge in [0.2, 0.25) is 5.88 Å². The van der Waals surface area contributed by atoms with E-state index in [1.165, 1.54) is 0 Å². The molecule has 18 heavy (non-hydrogen) atoms. The van der Waals surface area contributed by atoms with Crippen LogP contribution < -0.4 is 4.74 Å². The molecule has 0 radical (unpaired) electrons. The summed E-state index contributed by atoms with van der Waals surface area (Å²) in [5.41, 5.74) is -5.17. The van der Waals surface area contributed by atoms with E-state index in [1.807, 2.05) is 0 Å². The van der Waals surface area contributed by atoms with Gasteiger partial charge in [-0.2, -0.15) is 13.2 Å². The second-order valence-corrected chi connectivity index (χ2v) is 3.00. The fourth-order valence-corrected chi connectivity index (χ4v) is 1.20. The van der Waals surface area contributed by atoms with Gasteiger partial charge in [-0.3, -0.25) is 10.1 Å². The molecule has 0 spiro atoms. The molecule has 1 rings (SSSR count). The smallest absolute Gasteiger partial charge is 0.423 e. The van der Waals surface area contributed by atoms with Gasteiger partial charge >= 0.3 is 11.9 Å². The molecule has 1 aromatic rings. The average molecular weight is 272 g/mol. The number of hydrogen-bond donors (Lipinski definition) is 0. The first-order chi connectivity index (χ1) is 8.18. The number of ether oxygens (including phenoxy) is 1. The Labute approximate surface area is 96.3 Å². The molecule has 0 fully saturated rings. The van der Waals surface area contributed by atoms with Crippen molar-refractivity contribution in [3.63, 3.8) is 0 Å². The van der Waals surface area contributed by atoms with E-state index < -0.39 is 40.3 Å². The van der Waals surface area contributed by atoms with Crippen LogP contribution in [0.1, 0.15) is 17.7 Å². The maximum Gasteiger partial charge on any atom is 0.423 e. The van der Waals surface area contributed by atoms with Gasteiger partial charge in [0.1, 0.15) is 5.56 Å². The molecule has 1 heterocycles. The van der Waals surface area contributed by atoms with Gasteiger partial charge in [-0.15, -0.1) is 0 Å². The summed E-state index contributed by atoms with van der Waals surface area (Å²) in [5, 5.41) is 10.5. The Morgan fingerprint density at radius 3 is 2.33 bits per heavy atom. The van der Waals surface area contributed by atoms with Crippen molar-refractivity contribution in [3.05, 3.63) is 27.4 Å². The highest BCUT2D eigenvalue weighted by Gasteiger charge is 2.43. The Bertz CT molecular complexity index is 475. The fraction of sp³-hybridized carbons (Fsp3) is 0.375. The van der Waals surface area contributed by atoms with Gasteiger partial charge in [0.15, 0.2) is 5.69 Å². The summed E-state index contributed by atoms with van der Waals surface area (Å²) in [4.78, 5) is 11.9. The highest BCUT2D eigenvalue weighted by atomic mass is 19.4. The van der Waals surface area contributed by atoms with Crippen molar-refractivity contribution in [1.29, 1.82) is 0 Å². The molecule has 0 atom stereocenters. The summed E-state index contributed by atoms with van der Waals surface area (Å²) < 4.78 is 66.9. The first-order valence-corrected chi connectivity index (χ1v) is 4.27. The van der Waals surface area contributed by atoms with Crippen LogP contribution in [0.2, 0.25) is 0 Å². The normalized spacial score (nSPS) is 11.7. The number of pyridine rings is 1. The van der Waals surface area contributed by atoms with Gasteiger partial charge in [-0.25, -0.2) is 13.8 Å². The van der Waals surface area contributed by atoms with Gasteiger partial charge in [0.25, 0.3) is 6.43 Å². The van der Waals surface area contributed by atoms with Crippen molar-refractivity contribution in [2.75, 3.05) is 7.11 Å². The molecule has 0 bridgehead atoms. The first kappa shape index (κ1) is 14.1. The van der Waals surface area contributed by atoms with E-state index in [0.717, 1.165) is 7.11 Å². The molecule has 0 aromatic carbocycles. The zero-order valence-corrected chi connectivity index (χ0v) is 8.66. The summed E-state index contributed by atoms with van der Waals surface area (Å²) in [6, 6.07) is 0.198. The number of halogens is 5. The highest BCUT2D eigenvalue weighted by Crippen LogP contribution is 2.41. The van der Waals surface area contributed by atoms with E-state index in [4.69, 9.17) is 0 Å². The molecule has 1 aromatic heterocycles. The minimum absolute atomic E-state index is 0.198. The molecule has 0 saturated carbocycles. The van der Waals surface area contributed by atoms with Crippen LogP contribution in [-0.4, -0.2) is 17.0 Å². The van der Waals surface area contributed by atoms with Gasteiger partial charge in [0.05, 0.1) is 12.0 Å². The van der Waals surface area contributed by atoms with Crippen LogP contribution in [0.25, 0.3) is 0 Å². The van der Waals surface area contributed by atoms with E-state index in [0.29, 0.717) is 0 Å². The molecule has 0 N–H and O–H groups in total. The molecule has 5 nitrogen and oxygen atoms in total. The first-order valence-electron chi connectivity index (χ1n) is 4.27. The predicted molar refractivity (Wildman–Crippen MR) is 47.4 cm³/mol. The van der Waals surface area contributed by atoms with Crippen LogP contribution in [0.5, 0.6) is 5.88 Å². The van der Waals surface area contributed by atoms with Crippen molar-refractivity contribution < 1.29 is 31.6 Å². The van der Waals surface area contributed by atoms with Crippen molar-refractivity contribution in [1.82, 2.24) is 4.98 Å². The maximum atomic E-state index is 12.5. The number of hydrogen-bond acceptors (Lipinski definition) is 4. The minimum atomic E-state index is -5.16. The van der Waals surface area contributed by atoms with Gasteiger partial charge < -0.3 is 4.74 Å². The largest absolute Gasteiger partial charge is 0.481 e. The molecule has 0 aliphatic rings. The van der Waals surface area contributed by atoms with Crippen LogP contribution >= 0.6 is 0 Å². The monoisotopic (exact) mass is 272 g/mol. The molecular formula is C8H5F5N2O3. The van der Waals surface area contributed by atoms with Crippen molar-refractivity contribution in [2.45, 2.75) is 12.6 Å². The van der Waals surface area contributed by atoms with Gasteiger partial charge in [0, 0.05) is 6.07 Å². The number of aromatic nitrogens is 1. The fourth-order valence-electron chi connectivity index (χ4n) is 1.20. The SMILES string of the molecule is COc1cc(C(F)(F)F)c([N+](=O)[O-])c(C(F)F)n1. The molecule has 10 heteroatoms. The molecule has 0 aliphatic carbocycles. The maximum absolute atomic E-state index is 12.5. The number of methoxy groups -OCH3 is 1. The third-order valence-corrected chi connectivity index (χ3v) is 1.90. The van der Waals surface area contributed by atoms with Crippen LogP contribution in [0.3, 0.4) is 0 Å². The number of alkyl halides is 5. The lowest BCUT2D eigenvalue weighted by atomic mass is 10.1.